The van der Waals surface area contributed by atoms with E-state index in [2.05, 4.69) is 62.0 Å². The van der Waals surface area contributed by atoms with Crippen molar-refractivity contribution in [3.05, 3.63) is 83.6 Å². The van der Waals surface area contributed by atoms with Gasteiger partial charge in [-0.3, -0.25) is 4.79 Å². The zero-order valence-corrected chi connectivity index (χ0v) is 21.9. The number of anilines is 1. The van der Waals surface area contributed by atoms with Crippen LogP contribution in [0.1, 0.15) is 24.3 Å². The smallest absolute Gasteiger partial charge is 0.231 e. The lowest BCUT2D eigenvalue weighted by Crippen LogP contribution is -2.52. The van der Waals surface area contributed by atoms with Crippen molar-refractivity contribution in [1.29, 1.82) is 0 Å². The fraction of sp³-hybridized carbons (Fsp3) is 0.333. The number of halogens is 1. The molecule has 4 heterocycles. The SMILES string of the molecule is CN1CCCC1C(C(=O)N1CCN(c2c(-c3ccccc3)cnc3[nH]ccc23)CC1)c1ccc(Cl)cc1. The lowest BCUT2D eigenvalue weighted by atomic mass is 9.88. The lowest BCUT2D eigenvalue weighted by Gasteiger charge is -2.40. The summed E-state index contributed by atoms with van der Waals surface area (Å²) in [6, 6.07) is 20.6. The number of pyridine rings is 1. The van der Waals surface area contributed by atoms with E-state index >= 15 is 0 Å². The minimum atomic E-state index is -0.173. The Balaban J connectivity index is 1.27. The van der Waals surface area contributed by atoms with Gasteiger partial charge < -0.3 is 19.7 Å². The number of aromatic nitrogens is 2. The predicted octanol–water partition coefficient (Wildman–Crippen LogP) is 5.41. The molecule has 2 saturated heterocycles. The van der Waals surface area contributed by atoms with Gasteiger partial charge in [0.2, 0.25) is 5.91 Å². The number of likely N-dealkylation sites (N-methyl/N-ethyl adjacent to an activating group) is 1. The van der Waals surface area contributed by atoms with Crippen molar-refractivity contribution in [2.75, 3.05) is 44.7 Å². The highest BCUT2D eigenvalue weighted by Gasteiger charge is 2.38. The molecule has 4 aromatic rings. The molecule has 1 N–H and O–H groups in total. The number of rotatable bonds is 5. The summed E-state index contributed by atoms with van der Waals surface area (Å²) in [6.07, 6.45) is 6.08. The van der Waals surface area contributed by atoms with Gasteiger partial charge in [0.25, 0.3) is 0 Å². The molecule has 0 bridgehead atoms. The Bertz CT molecular complexity index is 1380. The average molecular weight is 514 g/mol. The number of likely N-dealkylation sites (tertiary alicyclic amines) is 1. The largest absolute Gasteiger partial charge is 0.367 e. The van der Waals surface area contributed by atoms with E-state index < -0.39 is 0 Å². The van der Waals surface area contributed by atoms with Gasteiger partial charge in [0.05, 0.1) is 11.6 Å². The van der Waals surface area contributed by atoms with Crippen molar-refractivity contribution < 1.29 is 4.79 Å². The molecule has 6 nitrogen and oxygen atoms in total. The molecule has 2 fully saturated rings. The molecule has 2 aromatic heterocycles. The first-order valence-corrected chi connectivity index (χ1v) is 13.5. The van der Waals surface area contributed by atoms with E-state index in [0.717, 1.165) is 60.2 Å². The summed E-state index contributed by atoms with van der Waals surface area (Å²) in [6.45, 7) is 3.99. The van der Waals surface area contributed by atoms with Crippen LogP contribution >= 0.6 is 11.6 Å². The van der Waals surface area contributed by atoms with Crippen LogP contribution in [-0.2, 0) is 4.79 Å². The number of amides is 1. The predicted molar refractivity (Wildman–Crippen MR) is 150 cm³/mol. The molecule has 2 aromatic carbocycles. The van der Waals surface area contributed by atoms with Gasteiger partial charge in [-0.2, -0.15) is 0 Å². The standard InChI is InChI=1S/C30H32ClN5O/c1-34-15-5-8-26(34)27(22-9-11-23(31)12-10-22)30(37)36-18-16-35(17-19-36)28-24-13-14-32-29(24)33-20-25(28)21-6-3-2-4-7-21/h2-4,6-7,9-14,20,26-27H,5,8,15-19H2,1H3,(H,32,33). The number of piperazine rings is 1. The van der Waals surface area contributed by atoms with Gasteiger partial charge in [-0.15, -0.1) is 0 Å². The van der Waals surface area contributed by atoms with Crippen LogP contribution in [0.2, 0.25) is 5.02 Å². The molecular formula is C30H32ClN5O. The van der Waals surface area contributed by atoms with E-state index in [1.807, 2.05) is 42.7 Å². The third-order valence-corrected chi connectivity index (χ3v) is 8.26. The number of hydrogen-bond acceptors (Lipinski definition) is 4. The highest BCUT2D eigenvalue weighted by Crippen LogP contribution is 2.38. The van der Waals surface area contributed by atoms with E-state index in [9.17, 15) is 4.79 Å². The van der Waals surface area contributed by atoms with E-state index in [1.54, 1.807) is 0 Å². The van der Waals surface area contributed by atoms with Gasteiger partial charge in [0, 0.05) is 60.6 Å². The van der Waals surface area contributed by atoms with Crippen LogP contribution in [0, 0.1) is 0 Å². The molecule has 0 spiro atoms. The summed E-state index contributed by atoms with van der Waals surface area (Å²) in [7, 11) is 2.14. The summed E-state index contributed by atoms with van der Waals surface area (Å²) < 4.78 is 0. The minimum Gasteiger partial charge on any atom is -0.367 e. The van der Waals surface area contributed by atoms with Gasteiger partial charge in [0.1, 0.15) is 5.65 Å². The molecule has 6 rings (SSSR count). The molecule has 2 aliphatic heterocycles. The Morgan fingerprint density at radius 1 is 1.00 bits per heavy atom. The Kier molecular flexibility index (Phi) is 6.61. The summed E-state index contributed by atoms with van der Waals surface area (Å²) >= 11 is 6.18. The third kappa shape index (κ3) is 4.60. The zero-order chi connectivity index (χ0) is 25.4. The molecule has 2 unspecified atom stereocenters. The molecule has 37 heavy (non-hydrogen) atoms. The van der Waals surface area contributed by atoms with Gasteiger partial charge in [-0.25, -0.2) is 4.98 Å². The van der Waals surface area contributed by atoms with Crippen LogP contribution in [0.4, 0.5) is 5.69 Å². The van der Waals surface area contributed by atoms with Gasteiger partial charge >= 0.3 is 0 Å². The number of aromatic amines is 1. The van der Waals surface area contributed by atoms with Crippen LogP contribution in [-0.4, -0.2) is 71.5 Å². The highest BCUT2D eigenvalue weighted by atomic mass is 35.5. The Morgan fingerprint density at radius 2 is 1.76 bits per heavy atom. The minimum absolute atomic E-state index is 0.173. The molecule has 2 aliphatic rings. The maximum Gasteiger partial charge on any atom is 0.231 e. The Morgan fingerprint density at radius 3 is 2.46 bits per heavy atom. The first-order valence-electron chi connectivity index (χ1n) is 13.1. The molecule has 190 valence electrons. The number of carbonyl (C=O) groups excluding carboxylic acids is 1. The van der Waals surface area contributed by atoms with Crippen LogP contribution in [0.15, 0.2) is 73.1 Å². The molecule has 0 saturated carbocycles. The number of benzene rings is 2. The van der Waals surface area contributed by atoms with Crippen molar-refractivity contribution in [1.82, 2.24) is 19.8 Å². The maximum atomic E-state index is 14.1. The second-order valence-corrected chi connectivity index (χ2v) is 10.6. The van der Waals surface area contributed by atoms with Crippen molar-refractivity contribution in [2.45, 2.75) is 24.8 Å². The molecule has 0 aliphatic carbocycles. The molecule has 1 amide bonds. The lowest BCUT2D eigenvalue weighted by molar-refractivity contribution is -0.134. The Hall–Kier alpha value is -3.35. The molecule has 2 atom stereocenters. The van der Waals surface area contributed by atoms with Crippen molar-refractivity contribution in [2.24, 2.45) is 0 Å². The van der Waals surface area contributed by atoms with E-state index in [-0.39, 0.29) is 17.9 Å². The van der Waals surface area contributed by atoms with Crippen LogP contribution in [0.5, 0.6) is 0 Å². The number of carbonyl (C=O) groups is 1. The average Bonchev–Trinajstić information content (AvgIpc) is 3.59. The summed E-state index contributed by atoms with van der Waals surface area (Å²) in [4.78, 5) is 28.8. The van der Waals surface area contributed by atoms with E-state index in [1.165, 1.54) is 5.69 Å². The van der Waals surface area contributed by atoms with Gasteiger partial charge in [0.15, 0.2) is 0 Å². The molecule has 7 heteroatoms. The number of nitrogens with zero attached hydrogens (tertiary/aromatic N) is 4. The summed E-state index contributed by atoms with van der Waals surface area (Å²) in [5.41, 5.74) is 5.41. The maximum absolute atomic E-state index is 14.1. The topological polar surface area (TPSA) is 55.5 Å². The number of fused-ring (bicyclic) bond motifs is 1. The first kappa shape index (κ1) is 24.0. The van der Waals surface area contributed by atoms with Crippen molar-refractivity contribution in [3.63, 3.8) is 0 Å². The molecule has 0 radical (unpaired) electrons. The first-order chi connectivity index (χ1) is 18.1. The van der Waals surface area contributed by atoms with Crippen LogP contribution < -0.4 is 4.90 Å². The van der Waals surface area contributed by atoms with Gasteiger partial charge in [-0.1, -0.05) is 54.1 Å². The monoisotopic (exact) mass is 513 g/mol. The number of H-pyrrole nitrogens is 1. The van der Waals surface area contributed by atoms with Gasteiger partial charge in [-0.05, 0) is 55.8 Å². The fourth-order valence-electron chi connectivity index (χ4n) is 6.07. The number of hydrogen-bond donors (Lipinski definition) is 1. The zero-order valence-electron chi connectivity index (χ0n) is 21.1. The summed E-state index contributed by atoms with van der Waals surface area (Å²) in [5.74, 6) is 0.0547. The van der Waals surface area contributed by atoms with E-state index in [0.29, 0.717) is 18.1 Å². The van der Waals surface area contributed by atoms with Crippen molar-refractivity contribution >= 4 is 34.2 Å². The highest BCUT2D eigenvalue weighted by molar-refractivity contribution is 6.30. The van der Waals surface area contributed by atoms with Crippen LogP contribution in [0.3, 0.4) is 0 Å². The normalized spacial score (nSPS) is 19.5. The second kappa shape index (κ2) is 10.2. The number of nitrogens with one attached hydrogen (secondary N) is 1. The second-order valence-electron chi connectivity index (χ2n) is 10.2. The fourth-order valence-corrected chi connectivity index (χ4v) is 6.19. The molecular weight excluding hydrogens is 482 g/mol. The van der Waals surface area contributed by atoms with Crippen LogP contribution in [0.25, 0.3) is 22.2 Å². The summed E-state index contributed by atoms with van der Waals surface area (Å²) in [5, 5.41) is 1.82. The van der Waals surface area contributed by atoms with Crippen molar-refractivity contribution in [3.8, 4) is 11.1 Å². The van der Waals surface area contributed by atoms with E-state index in [4.69, 9.17) is 11.6 Å². The third-order valence-electron chi connectivity index (χ3n) is 8.01. The Labute approximate surface area is 222 Å². The quantitative estimate of drug-likeness (QED) is 0.387.